The molecule has 0 saturated carbocycles. The number of ether oxygens (including phenoxy) is 2. The maximum absolute atomic E-state index is 12.2. The van der Waals surface area contributed by atoms with Crippen LogP contribution in [0, 0.1) is 5.41 Å². The van der Waals surface area contributed by atoms with E-state index >= 15 is 0 Å². The molecule has 1 saturated heterocycles. The summed E-state index contributed by atoms with van der Waals surface area (Å²) in [5.41, 5.74) is -1.13. The zero-order chi connectivity index (χ0) is 18.8. The van der Waals surface area contributed by atoms with Gasteiger partial charge in [0.25, 0.3) is 0 Å². The summed E-state index contributed by atoms with van der Waals surface area (Å²) >= 11 is 0. The molecule has 24 heavy (non-hydrogen) atoms. The van der Waals surface area contributed by atoms with E-state index in [1.54, 1.807) is 4.90 Å². The van der Waals surface area contributed by atoms with Crippen LogP contribution in [0.25, 0.3) is 0 Å². The van der Waals surface area contributed by atoms with Crippen molar-refractivity contribution in [3.05, 3.63) is 0 Å². The highest BCUT2D eigenvalue weighted by atomic mass is 16.6. The monoisotopic (exact) mass is 342 g/mol. The van der Waals surface area contributed by atoms with Crippen molar-refractivity contribution in [2.75, 3.05) is 19.6 Å². The maximum atomic E-state index is 12.2. The standard InChI is InChI=1S/C18H34N2O4/c1-16(2,3)23-14(21)11-19-13-9-10-20(12-18(13,7)8)15(22)24-17(4,5)6/h13,19H,9-12H2,1-8H3. The molecule has 1 unspecified atom stereocenters. The van der Waals surface area contributed by atoms with Gasteiger partial charge >= 0.3 is 12.1 Å². The molecule has 1 atom stereocenters. The molecule has 0 aromatic rings. The van der Waals surface area contributed by atoms with Gasteiger partial charge in [-0.1, -0.05) is 13.8 Å². The van der Waals surface area contributed by atoms with Crippen molar-refractivity contribution in [2.45, 2.75) is 79.1 Å². The SMILES string of the molecule is CC(C)(C)OC(=O)CNC1CCN(C(=O)OC(C)(C)C)CC1(C)C. The maximum Gasteiger partial charge on any atom is 0.410 e. The van der Waals surface area contributed by atoms with Gasteiger partial charge in [0, 0.05) is 19.1 Å². The Morgan fingerprint density at radius 1 is 1.08 bits per heavy atom. The zero-order valence-corrected chi connectivity index (χ0v) is 16.5. The molecule has 0 bridgehead atoms. The third kappa shape index (κ3) is 7.07. The topological polar surface area (TPSA) is 67.9 Å². The first kappa shape index (κ1) is 20.7. The molecule has 0 radical (unpaired) electrons. The van der Waals surface area contributed by atoms with Gasteiger partial charge in [-0.3, -0.25) is 4.79 Å². The van der Waals surface area contributed by atoms with Crippen LogP contribution in [0.1, 0.15) is 61.8 Å². The van der Waals surface area contributed by atoms with Crippen LogP contribution in [-0.2, 0) is 14.3 Å². The van der Waals surface area contributed by atoms with E-state index in [9.17, 15) is 9.59 Å². The number of likely N-dealkylation sites (tertiary alicyclic amines) is 1. The molecule has 0 aliphatic carbocycles. The number of carbonyl (C=O) groups is 2. The minimum Gasteiger partial charge on any atom is -0.459 e. The molecule has 1 N–H and O–H groups in total. The Labute approximate surface area is 146 Å². The third-order valence-electron chi connectivity index (χ3n) is 3.79. The number of esters is 1. The fraction of sp³-hybridized carbons (Fsp3) is 0.889. The summed E-state index contributed by atoms with van der Waals surface area (Å²) in [6.07, 6.45) is 0.496. The fourth-order valence-electron chi connectivity index (χ4n) is 2.80. The Hall–Kier alpha value is -1.30. The Morgan fingerprint density at radius 3 is 2.08 bits per heavy atom. The van der Waals surface area contributed by atoms with E-state index in [2.05, 4.69) is 19.2 Å². The molecule has 140 valence electrons. The molecule has 1 fully saturated rings. The van der Waals surface area contributed by atoms with Gasteiger partial charge in [-0.05, 0) is 53.4 Å². The van der Waals surface area contributed by atoms with E-state index in [-0.39, 0.29) is 30.1 Å². The number of nitrogens with one attached hydrogen (secondary N) is 1. The van der Waals surface area contributed by atoms with E-state index in [4.69, 9.17) is 9.47 Å². The second kappa shape index (κ2) is 7.30. The number of amides is 1. The lowest BCUT2D eigenvalue weighted by Gasteiger charge is -2.44. The van der Waals surface area contributed by atoms with Gasteiger partial charge in [0.1, 0.15) is 11.2 Å². The highest BCUT2D eigenvalue weighted by Gasteiger charge is 2.39. The predicted molar refractivity (Wildman–Crippen MR) is 93.8 cm³/mol. The van der Waals surface area contributed by atoms with Crippen LogP contribution in [0.2, 0.25) is 0 Å². The molecule has 1 rings (SSSR count). The minimum atomic E-state index is -0.493. The molecule has 1 aliphatic rings. The smallest absolute Gasteiger partial charge is 0.410 e. The van der Waals surface area contributed by atoms with Gasteiger partial charge in [0.15, 0.2) is 0 Å². The van der Waals surface area contributed by atoms with Crippen LogP contribution in [0.3, 0.4) is 0 Å². The van der Waals surface area contributed by atoms with Gasteiger partial charge in [-0.25, -0.2) is 4.79 Å². The lowest BCUT2D eigenvalue weighted by atomic mass is 9.79. The highest BCUT2D eigenvalue weighted by Crippen LogP contribution is 2.30. The molecule has 1 amide bonds. The largest absolute Gasteiger partial charge is 0.459 e. The van der Waals surface area contributed by atoms with Crippen molar-refractivity contribution in [1.29, 1.82) is 0 Å². The van der Waals surface area contributed by atoms with Gasteiger partial charge in [-0.2, -0.15) is 0 Å². The van der Waals surface area contributed by atoms with E-state index in [0.717, 1.165) is 6.42 Å². The van der Waals surface area contributed by atoms with Crippen LogP contribution in [-0.4, -0.2) is 53.8 Å². The van der Waals surface area contributed by atoms with Crippen molar-refractivity contribution in [1.82, 2.24) is 10.2 Å². The number of nitrogens with zero attached hydrogens (tertiary/aromatic N) is 1. The number of piperidine rings is 1. The second-order valence-electron chi connectivity index (χ2n) is 9.20. The van der Waals surface area contributed by atoms with E-state index < -0.39 is 11.2 Å². The van der Waals surface area contributed by atoms with Crippen LogP contribution < -0.4 is 5.32 Å². The van der Waals surface area contributed by atoms with Gasteiger partial charge < -0.3 is 19.7 Å². The van der Waals surface area contributed by atoms with Crippen molar-refractivity contribution in [3.8, 4) is 0 Å². The van der Waals surface area contributed by atoms with Gasteiger partial charge in [0.2, 0.25) is 0 Å². The van der Waals surface area contributed by atoms with E-state index in [0.29, 0.717) is 13.1 Å². The Balaban J connectivity index is 2.55. The van der Waals surface area contributed by atoms with E-state index in [1.165, 1.54) is 0 Å². The summed E-state index contributed by atoms with van der Waals surface area (Å²) in [6, 6.07) is 0.142. The first-order chi connectivity index (χ1) is 10.7. The molecule has 1 aliphatic heterocycles. The number of carbonyl (C=O) groups excluding carboxylic acids is 2. The summed E-state index contributed by atoms with van der Waals surface area (Å²) in [5, 5.41) is 3.29. The lowest BCUT2D eigenvalue weighted by Crippen LogP contribution is -2.57. The normalized spacial score (nSPS) is 21.3. The number of rotatable bonds is 3. The average molecular weight is 342 g/mol. The van der Waals surface area contributed by atoms with Crippen LogP contribution in [0.5, 0.6) is 0 Å². The molecular weight excluding hydrogens is 308 g/mol. The molecule has 0 spiro atoms. The summed E-state index contributed by atoms with van der Waals surface area (Å²) in [6.45, 7) is 16.7. The summed E-state index contributed by atoms with van der Waals surface area (Å²) in [5.74, 6) is -0.257. The molecule has 0 aromatic carbocycles. The first-order valence-electron chi connectivity index (χ1n) is 8.63. The van der Waals surface area contributed by atoms with E-state index in [1.807, 2.05) is 41.5 Å². The number of hydrogen-bond acceptors (Lipinski definition) is 5. The molecule has 0 aromatic heterocycles. The summed E-state index contributed by atoms with van der Waals surface area (Å²) in [7, 11) is 0. The lowest BCUT2D eigenvalue weighted by molar-refractivity contribution is -0.154. The number of hydrogen-bond donors (Lipinski definition) is 1. The van der Waals surface area contributed by atoms with Crippen LogP contribution in [0.15, 0.2) is 0 Å². The van der Waals surface area contributed by atoms with Crippen molar-refractivity contribution in [3.63, 3.8) is 0 Å². The first-order valence-corrected chi connectivity index (χ1v) is 8.63. The highest BCUT2D eigenvalue weighted by molar-refractivity contribution is 5.72. The Kier molecular flexibility index (Phi) is 6.31. The molecular formula is C18H34N2O4. The molecule has 6 heteroatoms. The van der Waals surface area contributed by atoms with Crippen molar-refractivity contribution >= 4 is 12.1 Å². The summed E-state index contributed by atoms with van der Waals surface area (Å²) in [4.78, 5) is 25.9. The quantitative estimate of drug-likeness (QED) is 0.799. The van der Waals surface area contributed by atoms with Crippen molar-refractivity contribution < 1.29 is 19.1 Å². The Bertz CT molecular complexity index is 461. The molecule has 1 heterocycles. The van der Waals surface area contributed by atoms with Crippen LogP contribution >= 0.6 is 0 Å². The fourth-order valence-corrected chi connectivity index (χ4v) is 2.80. The predicted octanol–water partition coefficient (Wildman–Crippen LogP) is 2.95. The Morgan fingerprint density at radius 2 is 1.62 bits per heavy atom. The van der Waals surface area contributed by atoms with Crippen LogP contribution in [0.4, 0.5) is 4.79 Å². The van der Waals surface area contributed by atoms with Gasteiger partial charge in [0.05, 0.1) is 6.54 Å². The second-order valence-corrected chi connectivity index (χ2v) is 9.20. The van der Waals surface area contributed by atoms with Gasteiger partial charge in [-0.15, -0.1) is 0 Å². The van der Waals surface area contributed by atoms with Crippen molar-refractivity contribution in [2.24, 2.45) is 5.41 Å². The summed E-state index contributed by atoms with van der Waals surface area (Å²) < 4.78 is 10.8. The molecule has 6 nitrogen and oxygen atoms in total. The minimum absolute atomic E-state index is 0.142. The average Bonchev–Trinajstić information content (AvgIpc) is 2.31. The third-order valence-corrected chi connectivity index (χ3v) is 3.79. The zero-order valence-electron chi connectivity index (χ0n) is 16.5.